The van der Waals surface area contributed by atoms with Crippen molar-refractivity contribution < 1.29 is 19.8 Å². The van der Waals surface area contributed by atoms with Gasteiger partial charge >= 0.3 is 11.9 Å². The van der Waals surface area contributed by atoms with Gasteiger partial charge < -0.3 is 10.2 Å². The fourth-order valence-corrected chi connectivity index (χ4v) is 4.39. The molecule has 24 heavy (non-hydrogen) atoms. The van der Waals surface area contributed by atoms with Gasteiger partial charge in [-0.25, -0.2) is 0 Å². The highest BCUT2D eigenvalue weighted by atomic mass is 32.2. The summed E-state index contributed by atoms with van der Waals surface area (Å²) in [6.45, 7) is 7.67. The van der Waals surface area contributed by atoms with Gasteiger partial charge in [-0.05, 0) is 23.0 Å². The van der Waals surface area contributed by atoms with Crippen LogP contribution in [0.1, 0.15) is 38.8 Å². The van der Waals surface area contributed by atoms with Crippen LogP contribution in [0.3, 0.4) is 0 Å². The minimum absolute atomic E-state index is 0.0900. The van der Waals surface area contributed by atoms with Crippen LogP contribution in [0.5, 0.6) is 0 Å². The second-order valence-electron chi connectivity index (χ2n) is 6.44. The highest BCUT2D eigenvalue weighted by Crippen LogP contribution is 2.26. The summed E-state index contributed by atoms with van der Waals surface area (Å²) in [6, 6.07) is 7.97. The molecule has 0 spiro atoms. The predicted molar refractivity (Wildman–Crippen MR) is 102 cm³/mol. The molecule has 2 unspecified atom stereocenters. The Kier molecular flexibility index (Phi) is 8.70. The van der Waals surface area contributed by atoms with E-state index in [1.165, 1.54) is 23.5 Å². The van der Waals surface area contributed by atoms with E-state index in [9.17, 15) is 19.8 Å². The third kappa shape index (κ3) is 6.77. The van der Waals surface area contributed by atoms with Crippen LogP contribution in [0.2, 0.25) is 0 Å². The zero-order chi connectivity index (χ0) is 18.3. The topological polar surface area (TPSA) is 74.6 Å². The van der Waals surface area contributed by atoms with Crippen LogP contribution < -0.4 is 0 Å². The second-order valence-corrected chi connectivity index (χ2v) is 8.70. The number of thioether (sulfide) groups is 2. The van der Waals surface area contributed by atoms with E-state index < -0.39 is 22.4 Å². The van der Waals surface area contributed by atoms with Gasteiger partial charge in [0.15, 0.2) is 0 Å². The van der Waals surface area contributed by atoms with Gasteiger partial charge in [0.25, 0.3) is 0 Å². The highest BCUT2D eigenvalue weighted by Gasteiger charge is 2.22. The van der Waals surface area contributed by atoms with Gasteiger partial charge in [-0.1, -0.05) is 52.0 Å². The van der Waals surface area contributed by atoms with Crippen LogP contribution in [0.4, 0.5) is 0 Å². The number of hydrogen-bond donors (Lipinski definition) is 2. The molecule has 0 bridgehead atoms. The first kappa shape index (κ1) is 20.9. The number of rotatable bonds is 10. The summed E-state index contributed by atoms with van der Waals surface area (Å²) < 4.78 is 0. The van der Waals surface area contributed by atoms with E-state index in [4.69, 9.17) is 0 Å². The lowest BCUT2D eigenvalue weighted by Gasteiger charge is -2.16. The van der Waals surface area contributed by atoms with Gasteiger partial charge in [-0.3, -0.25) is 9.59 Å². The summed E-state index contributed by atoms with van der Waals surface area (Å²) in [6.07, 6.45) is 0. The van der Waals surface area contributed by atoms with Crippen molar-refractivity contribution in [2.24, 2.45) is 11.8 Å². The number of benzene rings is 1. The molecule has 0 aliphatic rings. The molecule has 6 heteroatoms. The quantitative estimate of drug-likeness (QED) is 0.637. The molecule has 0 aliphatic carbocycles. The lowest BCUT2D eigenvalue weighted by Crippen LogP contribution is -2.22. The second kappa shape index (κ2) is 9.99. The Morgan fingerprint density at radius 3 is 1.29 bits per heavy atom. The highest BCUT2D eigenvalue weighted by molar-refractivity contribution is 8.00. The van der Waals surface area contributed by atoms with Crippen molar-refractivity contribution in [1.29, 1.82) is 0 Å². The maximum absolute atomic E-state index is 11.2. The van der Waals surface area contributed by atoms with E-state index >= 15 is 0 Å². The minimum atomic E-state index is -0.767. The number of hydrogen-bond acceptors (Lipinski definition) is 4. The first-order chi connectivity index (χ1) is 11.2. The van der Waals surface area contributed by atoms with Crippen molar-refractivity contribution >= 4 is 35.5 Å². The van der Waals surface area contributed by atoms with Crippen LogP contribution in [-0.4, -0.2) is 32.7 Å². The average molecular weight is 371 g/mol. The first-order valence-corrected chi connectivity index (χ1v) is 10.1. The van der Waals surface area contributed by atoms with Crippen molar-refractivity contribution in [3.05, 3.63) is 35.4 Å². The van der Waals surface area contributed by atoms with Gasteiger partial charge in [-0.2, -0.15) is 0 Å². The van der Waals surface area contributed by atoms with Crippen molar-refractivity contribution in [2.75, 3.05) is 0 Å². The monoisotopic (exact) mass is 370 g/mol. The van der Waals surface area contributed by atoms with Crippen LogP contribution in [0.15, 0.2) is 24.3 Å². The van der Waals surface area contributed by atoms with Crippen LogP contribution in [0.25, 0.3) is 0 Å². The summed E-state index contributed by atoms with van der Waals surface area (Å²) in [5.41, 5.74) is 2.17. The maximum Gasteiger partial charge on any atom is 0.316 e. The lowest BCUT2D eigenvalue weighted by molar-refractivity contribution is -0.138. The molecule has 0 saturated carbocycles. The van der Waals surface area contributed by atoms with E-state index in [1.807, 2.05) is 52.0 Å². The molecule has 0 heterocycles. The van der Waals surface area contributed by atoms with Gasteiger partial charge in [-0.15, -0.1) is 23.5 Å². The van der Waals surface area contributed by atoms with Crippen LogP contribution in [0, 0.1) is 11.8 Å². The molecule has 4 nitrogen and oxygen atoms in total. The largest absolute Gasteiger partial charge is 0.480 e. The number of carbonyl (C=O) groups is 2. The van der Waals surface area contributed by atoms with E-state index in [0.29, 0.717) is 11.5 Å². The van der Waals surface area contributed by atoms with Crippen molar-refractivity contribution in [3.63, 3.8) is 0 Å². The Morgan fingerprint density at radius 2 is 1.08 bits per heavy atom. The standard InChI is InChI=1S/C18H26O4S2/c1-11(2)15(17(19)20)23-9-13-5-7-14(8-6-13)10-24-16(12(3)4)18(21)22/h5-8,11-12,15-16H,9-10H2,1-4H3,(H,19,20)(H,21,22). The molecule has 2 N–H and O–H groups in total. The van der Waals surface area contributed by atoms with Gasteiger partial charge in [0.1, 0.15) is 10.5 Å². The Morgan fingerprint density at radius 1 is 0.792 bits per heavy atom. The molecule has 0 saturated heterocycles. The van der Waals surface area contributed by atoms with E-state index in [1.54, 1.807) is 0 Å². The SMILES string of the molecule is CC(C)C(SCc1ccc(CSC(C(=O)O)C(C)C)cc1)C(=O)O. The maximum atomic E-state index is 11.2. The fraction of sp³-hybridized carbons (Fsp3) is 0.556. The minimum Gasteiger partial charge on any atom is -0.480 e. The molecular weight excluding hydrogens is 344 g/mol. The Balaban J connectivity index is 2.57. The average Bonchev–Trinajstić information content (AvgIpc) is 2.47. The van der Waals surface area contributed by atoms with Crippen molar-refractivity contribution in [1.82, 2.24) is 0 Å². The normalized spacial score (nSPS) is 13.9. The van der Waals surface area contributed by atoms with Crippen molar-refractivity contribution in [3.8, 4) is 0 Å². The smallest absolute Gasteiger partial charge is 0.316 e. The Bertz CT molecular complexity index is 491. The number of carboxylic acid groups (broad SMARTS) is 2. The molecule has 0 radical (unpaired) electrons. The first-order valence-electron chi connectivity index (χ1n) is 7.99. The van der Waals surface area contributed by atoms with E-state index in [2.05, 4.69) is 0 Å². The molecule has 1 aromatic carbocycles. The third-order valence-corrected chi connectivity index (χ3v) is 6.79. The zero-order valence-corrected chi connectivity index (χ0v) is 16.2. The van der Waals surface area contributed by atoms with Crippen LogP contribution >= 0.6 is 23.5 Å². The van der Waals surface area contributed by atoms with Crippen LogP contribution in [-0.2, 0) is 21.1 Å². The number of aliphatic carboxylic acids is 2. The molecule has 0 fully saturated rings. The predicted octanol–water partition coefficient (Wildman–Crippen LogP) is 4.37. The lowest BCUT2D eigenvalue weighted by atomic mass is 10.1. The molecule has 1 aromatic rings. The van der Waals surface area contributed by atoms with Gasteiger partial charge in [0, 0.05) is 11.5 Å². The van der Waals surface area contributed by atoms with Gasteiger partial charge in [0.2, 0.25) is 0 Å². The molecule has 134 valence electrons. The molecular formula is C18H26O4S2. The molecule has 0 amide bonds. The molecule has 1 rings (SSSR count). The summed E-state index contributed by atoms with van der Waals surface area (Å²) in [7, 11) is 0. The van der Waals surface area contributed by atoms with E-state index in [-0.39, 0.29) is 11.8 Å². The molecule has 2 atom stereocenters. The summed E-state index contributed by atoms with van der Waals surface area (Å²) in [5, 5.41) is 17.6. The zero-order valence-electron chi connectivity index (χ0n) is 14.6. The summed E-state index contributed by atoms with van der Waals surface area (Å²) in [5.74, 6) is -0.0364. The summed E-state index contributed by atoms with van der Waals surface area (Å²) in [4.78, 5) is 22.4. The van der Waals surface area contributed by atoms with E-state index in [0.717, 1.165) is 11.1 Å². The molecule has 0 aromatic heterocycles. The Hall–Kier alpha value is -1.14. The Labute approximate surface area is 152 Å². The van der Waals surface area contributed by atoms with Crippen molar-refractivity contribution in [2.45, 2.75) is 49.7 Å². The number of carboxylic acids is 2. The van der Waals surface area contributed by atoms with Gasteiger partial charge in [0.05, 0.1) is 0 Å². The fourth-order valence-electron chi connectivity index (χ4n) is 2.20. The molecule has 0 aliphatic heterocycles. The summed E-state index contributed by atoms with van der Waals surface area (Å²) >= 11 is 2.88. The third-order valence-electron chi connectivity index (χ3n) is 3.58.